The van der Waals surface area contributed by atoms with Gasteiger partial charge in [-0.3, -0.25) is 4.68 Å². The Morgan fingerprint density at radius 3 is 2.33 bits per heavy atom. The molecule has 18 heavy (non-hydrogen) atoms. The fraction of sp³-hybridized carbons (Fsp3) is 0.357. The lowest BCUT2D eigenvalue weighted by molar-refractivity contribution is 0.121. The molecule has 2 aromatic rings. The van der Waals surface area contributed by atoms with Crippen LogP contribution < -0.4 is 0 Å². The molecule has 0 unspecified atom stereocenters. The second-order valence-corrected chi connectivity index (χ2v) is 4.51. The molecule has 0 spiro atoms. The minimum Gasteiger partial charge on any atom is -0.266 e. The van der Waals surface area contributed by atoms with Crippen LogP contribution >= 0.6 is 0 Å². The summed E-state index contributed by atoms with van der Waals surface area (Å²) in [5, 5.41) is 4.15. The van der Waals surface area contributed by atoms with E-state index < -0.39 is 6.43 Å². The molecule has 0 amide bonds. The van der Waals surface area contributed by atoms with Crippen LogP contribution in [-0.4, -0.2) is 16.2 Å². The van der Waals surface area contributed by atoms with E-state index in [1.54, 1.807) is 6.20 Å². The Balaban J connectivity index is 2.48. The first kappa shape index (κ1) is 12.7. The van der Waals surface area contributed by atoms with E-state index in [-0.39, 0.29) is 6.54 Å². The molecule has 4 heteroatoms. The number of rotatable bonds is 3. The number of halogens is 2. The molecule has 1 aromatic carbocycles. The van der Waals surface area contributed by atoms with Crippen molar-refractivity contribution >= 4 is 0 Å². The van der Waals surface area contributed by atoms with E-state index in [4.69, 9.17) is 0 Å². The molecule has 2 rings (SSSR count). The topological polar surface area (TPSA) is 17.8 Å². The van der Waals surface area contributed by atoms with Gasteiger partial charge in [0.2, 0.25) is 0 Å². The molecule has 96 valence electrons. The lowest BCUT2D eigenvalue weighted by Crippen LogP contribution is -2.06. The van der Waals surface area contributed by atoms with Crippen LogP contribution in [-0.2, 0) is 6.54 Å². The third-order valence-electron chi connectivity index (χ3n) is 3.02. The van der Waals surface area contributed by atoms with Crippen molar-refractivity contribution in [2.24, 2.45) is 0 Å². The summed E-state index contributed by atoms with van der Waals surface area (Å²) in [6.07, 6.45) is -0.674. The largest absolute Gasteiger partial charge is 0.266 e. The lowest BCUT2D eigenvalue weighted by Gasteiger charge is -2.08. The van der Waals surface area contributed by atoms with Gasteiger partial charge in [0, 0.05) is 11.8 Å². The van der Waals surface area contributed by atoms with Gasteiger partial charge in [-0.1, -0.05) is 18.2 Å². The van der Waals surface area contributed by atoms with Gasteiger partial charge in [0.15, 0.2) is 0 Å². The normalized spacial score (nSPS) is 11.2. The maximum absolute atomic E-state index is 12.4. The first-order valence-corrected chi connectivity index (χ1v) is 5.88. The third kappa shape index (κ3) is 2.42. The molecule has 2 nitrogen and oxygen atoms in total. The third-order valence-corrected chi connectivity index (χ3v) is 3.02. The molecular formula is C14H16F2N2. The average molecular weight is 250 g/mol. The minimum absolute atomic E-state index is 0.355. The Morgan fingerprint density at radius 1 is 1.17 bits per heavy atom. The first-order valence-electron chi connectivity index (χ1n) is 5.88. The molecule has 0 aliphatic rings. The van der Waals surface area contributed by atoms with E-state index in [1.165, 1.54) is 4.68 Å². The van der Waals surface area contributed by atoms with Gasteiger partial charge in [0.1, 0.15) is 6.54 Å². The molecule has 0 atom stereocenters. The number of nitrogens with zero attached hydrogens (tertiary/aromatic N) is 2. The van der Waals surface area contributed by atoms with Gasteiger partial charge in [-0.2, -0.15) is 5.10 Å². The molecule has 1 heterocycles. The Kier molecular flexibility index (Phi) is 3.45. The van der Waals surface area contributed by atoms with Gasteiger partial charge in [-0.15, -0.1) is 0 Å². The quantitative estimate of drug-likeness (QED) is 0.811. The highest BCUT2D eigenvalue weighted by atomic mass is 19.3. The van der Waals surface area contributed by atoms with E-state index in [9.17, 15) is 8.78 Å². The Hall–Kier alpha value is -1.71. The first-order chi connectivity index (χ1) is 8.49. The Morgan fingerprint density at radius 2 is 1.78 bits per heavy atom. The molecule has 0 fully saturated rings. The summed E-state index contributed by atoms with van der Waals surface area (Å²) in [4.78, 5) is 0. The Labute approximate surface area is 105 Å². The van der Waals surface area contributed by atoms with Gasteiger partial charge in [0.25, 0.3) is 6.43 Å². The van der Waals surface area contributed by atoms with Crippen molar-refractivity contribution in [3.63, 3.8) is 0 Å². The van der Waals surface area contributed by atoms with Crippen LogP contribution in [0.4, 0.5) is 8.78 Å². The maximum atomic E-state index is 12.4. The maximum Gasteiger partial charge on any atom is 0.257 e. The smallest absolute Gasteiger partial charge is 0.257 e. The molecule has 1 aromatic heterocycles. The van der Waals surface area contributed by atoms with E-state index in [0.29, 0.717) is 0 Å². The predicted octanol–water partition coefficient (Wildman–Crippen LogP) is 3.74. The fourth-order valence-electron chi connectivity index (χ4n) is 2.24. The van der Waals surface area contributed by atoms with Crippen LogP contribution in [0.1, 0.15) is 16.8 Å². The van der Waals surface area contributed by atoms with Crippen molar-refractivity contribution in [1.29, 1.82) is 0 Å². The molecule has 0 saturated heterocycles. The summed E-state index contributed by atoms with van der Waals surface area (Å²) >= 11 is 0. The van der Waals surface area contributed by atoms with E-state index >= 15 is 0 Å². The van der Waals surface area contributed by atoms with Crippen molar-refractivity contribution in [1.82, 2.24) is 9.78 Å². The van der Waals surface area contributed by atoms with E-state index in [2.05, 4.69) is 5.10 Å². The van der Waals surface area contributed by atoms with Crippen LogP contribution in [0.2, 0.25) is 0 Å². The number of alkyl halides is 2. The highest BCUT2D eigenvalue weighted by Crippen LogP contribution is 2.29. The zero-order valence-electron chi connectivity index (χ0n) is 10.7. The standard InChI is InChI=1S/C14H16F2N2/c1-9-5-4-6-10(2)14(9)12-7-18(8-13(15)16)17-11(12)3/h4-7,13H,8H2,1-3H3. The van der Waals surface area contributed by atoms with Gasteiger partial charge in [-0.05, 0) is 37.5 Å². The highest BCUT2D eigenvalue weighted by Gasteiger charge is 2.13. The number of aromatic nitrogens is 2. The van der Waals surface area contributed by atoms with Crippen molar-refractivity contribution in [3.05, 3.63) is 41.2 Å². The number of benzene rings is 1. The van der Waals surface area contributed by atoms with Gasteiger partial charge < -0.3 is 0 Å². The van der Waals surface area contributed by atoms with Gasteiger partial charge in [-0.25, -0.2) is 8.78 Å². The van der Waals surface area contributed by atoms with Gasteiger partial charge in [0.05, 0.1) is 5.69 Å². The molecule has 0 radical (unpaired) electrons. The number of hydrogen-bond donors (Lipinski definition) is 0. The summed E-state index contributed by atoms with van der Waals surface area (Å²) in [5.74, 6) is 0. The minimum atomic E-state index is -2.38. The molecule has 0 bridgehead atoms. The number of hydrogen-bond acceptors (Lipinski definition) is 1. The zero-order valence-corrected chi connectivity index (χ0v) is 10.7. The molecule has 0 aliphatic carbocycles. The van der Waals surface area contributed by atoms with Crippen molar-refractivity contribution in [2.45, 2.75) is 33.7 Å². The van der Waals surface area contributed by atoms with Crippen LogP contribution in [0.25, 0.3) is 11.1 Å². The lowest BCUT2D eigenvalue weighted by atomic mass is 9.96. The van der Waals surface area contributed by atoms with E-state index in [0.717, 1.165) is 27.9 Å². The van der Waals surface area contributed by atoms with Crippen LogP contribution in [0.15, 0.2) is 24.4 Å². The summed E-state index contributed by atoms with van der Waals surface area (Å²) < 4.78 is 26.0. The summed E-state index contributed by atoms with van der Waals surface area (Å²) in [7, 11) is 0. The van der Waals surface area contributed by atoms with Crippen molar-refractivity contribution in [2.75, 3.05) is 0 Å². The monoisotopic (exact) mass is 250 g/mol. The summed E-state index contributed by atoms with van der Waals surface area (Å²) in [5.41, 5.74) is 5.08. The second-order valence-electron chi connectivity index (χ2n) is 4.51. The van der Waals surface area contributed by atoms with Crippen LogP contribution in [0.3, 0.4) is 0 Å². The van der Waals surface area contributed by atoms with E-state index in [1.807, 2.05) is 39.0 Å². The highest BCUT2D eigenvalue weighted by molar-refractivity contribution is 5.71. The summed E-state index contributed by atoms with van der Waals surface area (Å²) in [6, 6.07) is 6.03. The SMILES string of the molecule is Cc1cccc(C)c1-c1cn(CC(F)F)nc1C. The van der Waals surface area contributed by atoms with Gasteiger partial charge >= 0.3 is 0 Å². The Bertz CT molecular complexity index is 539. The molecule has 0 N–H and O–H groups in total. The van der Waals surface area contributed by atoms with Crippen molar-refractivity contribution in [3.8, 4) is 11.1 Å². The molecule has 0 saturated carbocycles. The second kappa shape index (κ2) is 4.88. The van der Waals surface area contributed by atoms with Crippen molar-refractivity contribution < 1.29 is 8.78 Å². The molecular weight excluding hydrogens is 234 g/mol. The number of aryl methyl sites for hydroxylation is 3. The fourth-order valence-corrected chi connectivity index (χ4v) is 2.24. The summed E-state index contributed by atoms with van der Waals surface area (Å²) in [6.45, 7) is 5.54. The molecule has 0 aliphatic heterocycles. The zero-order chi connectivity index (χ0) is 13.3. The van der Waals surface area contributed by atoms with Crippen LogP contribution in [0, 0.1) is 20.8 Å². The van der Waals surface area contributed by atoms with Crippen LogP contribution in [0.5, 0.6) is 0 Å². The predicted molar refractivity (Wildman–Crippen MR) is 67.9 cm³/mol. The average Bonchev–Trinajstić information content (AvgIpc) is 2.58.